The van der Waals surface area contributed by atoms with Crippen molar-refractivity contribution in [3.05, 3.63) is 35.1 Å². The zero-order valence-corrected chi connectivity index (χ0v) is 19.2. The molecule has 6 nitrogen and oxygen atoms in total. The lowest BCUT2D eigenvalue weighted by Crippen LogP contribution is -2.42. The molecular formula is C22H29ClN4O2S. The third-order valence-electron chi connectivity index (χ3n) is 5.94. The van der Waals surface area contributed by atoms with E-state index in [-0.39, 0.29) is 11.2 Å². The van der Waals surface area contributed by atoms with Crippen LogP contribution in [-0.2, 0) is 11.4 Å². The SMILES string of the molecule is C[C@H](Sc1nnc(COc2ccccc2Cl)n1C1CC1)C(=O)N(C)C1CCCCC1. The fourth-order valence-corrected chi connectivity index (χ4v) is 5.26. The summed E-state index contributed by atoms with van der Waals surface area (Å²) >= 11 is 7.69. The Bertz CT molecular complexity index is 880. The van der Waals surface area contributed by atoms with E-state index >= 15 is 0 Å². The second kappa shape index (κ2) is 9.60. The zero-order valence-electron chi connectivity index (χ0n) is 17.6. The molecule has 0 spiro atoms. The number of hydrogen-bond donors (Lipinski definition) is 0. The van der Waals surface area contributed by atoms with Gasteiger partial charge < -0.3 is 9.64 Å². The van der Waals surface area contributed by atoms with Crippen molar-refractivity contribution in [1.82, 2.24) is 19.7 Å². The maximum Gasteiger partial charge on any atom is 0.235 e. The number of carbonyl (C=O) groups excluding carboxylic acids is 1. The van der Waals surface area contributed by atoms with Crippen molar-refractivity contribution >= 4 is 29.3 Å². The molecule has 2 aliphatic carbocycles. The van der Waals surface area contributed by atoms with E-state index in [0.29, 0.717) is 29.5 Å². The molecule has 8 heteroatoms. The van der Waals surface area contributed by atoms with Crippen LogP contribution in [0.15, 0.2) is 29.4 Å². The smallest absolute Gasteiger partial charge is 0.235 e. The number of ether oxygens (including phenoxy) is 1. The van der Waals surface area contributed by atoms with Gasteiger partial charge in [-0.2, -0.15) is 0 Å². The highest BCUT2D eigenvalue weighted by Crippen LogP contribution is 2.40. The van der Waals surface area contributed by atoms with Gasteiger partial charge in [0.2, 0.25) is 5.91 Å². The summed E-state index contributed by atoms with van der Waals surface area (Å²) in [6.45, 7) is 2.27. The number of para-hydroxylation sites is 1. The van der Waals surface area contributed by atoms with Gasteiger partial charge in [0.25, 0.3) is 0 Å². The lowest BCUT2D eigenvalue weighted by Gasteiger charge is -2.32. The number of nitrogens with zero attached hydrogens (tertiary/aromatic N) is 4. The van der Waals surface area contributed by atoms with E-state index in [1.807, 2.05) is 37.1 Å². The predicted octanol–water partition coefficient (Wildman–Crippen LogP) is 5.12. The lowest BCUT2D eigenvalue weighted by atomic mass is 9.94. The van der Waals surface area contributed by atoms with Crippen molar-refractivity contribution in [2.45, 2.75) is 81.0 Å². The second-order valence-corrected chi connectivity index (χ2v) is 9.94. The van der Waals surface area contributed by atoms with E-state index in [1.54, 1.807) is 6.07 Å². The van der Waals surface area contributed by atoms with Crippen LogP contribution in [-0.4, -0.2) is 43.9 Å². The predicted molar refractivity (Wildman–Crippen MR) is 119 cm³/mol. The average molecular weight is 449 g/mol. The van der Waals surface area contributed by atoms with E-state index in [4.69, 9.17) is 16.3 Å². The number of hydrogen-bond acceptors (Lipinski definition) is 5. The van der Waals surface area contributed by atoms with Crippen LogP contribution in [0.2, 0.25) is 5.02 Å². The van der Waals surface area contributed by atoms with Gasteiger partial charge in [-0.1, -0.05) is 54.8 Å². The summed E-state index contributed by atoms with van der Waals surface area (Å²) < 4.78 is 8.03. The first-order chi connectivity index (χ1) is 14.5. The summed E-state index contributed by atoms with van der Waals surface area (Å²) in [4.78, 5) is 15.0. The van der Waals surface area contributed by atoms with Crippen molar-refractivity contribution in [2.75, 3.05) is 7.05 Å². The molecule has 0 N–H and O–H groups in total. The highest BCUT2D eigenvalue weighted by atomic mass is 35.5. The molecule has 0 unspecified atom stereocenters. The molecule has 1 aromatic heterocycles. The third kappa shape index (κ3) is 4.94. The molecule has 30 heavy (non-hydrogen) atoms. The van der Waals surface area contributed by atoms with Crippen LogP contribution in [0, 0.1) is 0 Å². The number of amides is 1. The highest BCUT2D eigenvalue weighted by Gasteiger charge is 2.32. The van der Waals surface area contributed by atoms with Crippen molar-refractivity contribution < 1.29 is 9.53 Å². The fourth-order valence-electron chi connectivity index (χ4n) is 4.03. The number of carbonyl (C=O) groups is 1. The van der Waals surface area contributed by atoms with Crippen LogP contribution in [0.25, 0.3) is 0 Å². The Kier molecular flexibility index (Phi) is 6.88. The number of benzene rings is 1. The normalized spacial score (nSPS) is 18.2. The van der Waals surface area contributed by atoms with Gasteiger partial charge in [0.15, 0.2) is 11.0 Å². The number of halogens is 1. The molecule has 0 saturated heterocycles. The first kappa shape index (κ1) is 21.5. The van der Waals surface area contributed by atoms with Crippen LogP contribution < -0.4 is 4.74 Å². The fraction of sp³-hybridized carbons (Fsp3) is 0.591. The summed E-state index contributed by atoms with van der Waals surface area (Å²) in [5.74, 6) is 1.59. The molecule has 1 heterocycles. The molecule has 2 aliphatic rings. The molecule has 1 amide bonds. The molecular weight excluding hydrogens is 420 g/mol. The second-order valence-electron chi connectivity index (χ2n) is 8.22. The molecule has 1 aromatic carbocycles. The van der Waals surface area contributed by atoms with E-state index in [9.17, 15) is 4.79 Å². The molecule has 0 bridgehead atoms. The first-order valence-electron chi connectivity index (χ1n) is 10.8. The number of rotatable bonds is 8. The molecule has 4 rings (SSSR count). The molecule has 162 valence electrons. The summed E-state index contributed by atoms with van der Waals surface area (Å²) in [6.07, 6.45) is 8.16. The molecule has 2 aromatic rings. The van der Waals surface area contributed by atoms with Crippen molar-refractivity contribution in [3.8, 4) is 5.75 Å². The molecule has 0 radical (unpaired) electrons. The van der Waals surface area contributed by atoms with Gasteiger partial charge in [-0.15, -0.1) is 10.2 Å². The minimum Gasteiger partial charge on any atom is -0.484 e. The zero-order chi connectivity index (χ0) is 21.1. The standard InChI is InChI=1S/C22H29ClN4O2S/c1-15(21(28)26(2)16-8-4-3-5-9-16)30-22-25-24-20(27(22)17-12-13-17)14-29-19-11-7-6-10-18(19)23/h6-7,10-11,15-17H,3-5,8-9,12-14H2,1-2H3/t15-/m0/s1. The topological polar surface area (TPSA) is 60.3 Å². The summed E-state index contributed by atoms with van der Waals surface area (Å²) in [6, 6.07) is 8.18. The Morgan fingerprint density at radius 2 is 1.97 bits per heavy atom. The van der Waals surface area contributed by atoms with Crippen molar-refractivity contribution in [3.63, 3.8) is 0 Å². The van der Waals surface area contributed by atoms with Gasteiger partial charge >= 0.3 is 0 Å². The van der Waals surface area contributed by atoms with Crippen LogP contribution >= 0.6 is 23.4 Å². The van der Waals surface area contributed by atoms with Crippen LogP contribution in [0.3, 0.4) is 0 Å². The van der Waals surface area contributed by atoms with E-state index in [1.165, 1.54) is 31.0 Å². The summed E-state index contributed by atoms with van der Waals surface area (Å²) in [5, 5.41) is 9.95. The third-order valence-corrected chi connectivity index (χ3v) is 7.30. The van der Waals surface area contributed by atoms with Gasteiger partial charge in [0.05, 0.1) is 10.3 Å². The minimum atomic E-state index is -0.198. The van der Waals surface area contributed by atoms with Gasteiger partial charge in [0, 0.05) is 19.1 Å². The van der Waals surface area contributed by atoms with Gasteiger partial charge in [0.1, 0.15) is 12.4 Å². The van der Waals surface area contributed by atoms with Crippen molar-refractivity contribution in [1.29, 1.82) is 0 Å². The average Bonchev–Trinajstić information content (AvgIpc) is 3.53. The van der Waals surface area contributed by atoms with Gasteiger partial charge in [-0.25, -0.2) is 0 Å². The Hall–Kier alpha value is -1.73. The lowest BCUT2D eigenvalue weighted by molar-refractivity contribution is -0.131. The number of aromatic nitrogens is 3. The van der Waals surface area contributed by atoms with E-state index in [0.717, 1.165) is 36.7 Å². The molecule has 2 saturated carbocycles. The minimum absolute atomic E-state index is 0.172. The van der Waals surface area contributed by atoms with Crippen molar-refractivity contribution in [2.24, 2.45) is 0 Å². The Labute approximate surface area is 187 Å². The molecule has 2 fully saturated rings. The maximum atomic E-state index is 13.0. The van der Waals surface area contributed by atoms with E-state index < -0.39 is 0 Å². The van der Waals surface area contributed by atoms with E-state index in [2.05, 4.69) is 14.8 Å². The number of thioether (sulfide) groups is 1. The van der Waals surface area contributed by atoms with Crippen LogP contribution in [0.4, 0.5) is 0 Å². The maximum absolute atomic E-state index is 13.0. The highest BCUT2D eigenvalue weighted by molar-refractivity contribution is 8.00. The van der Waals surface area contributed by atoms with Crippen LogP contribution in [0.1, 0.15) is 63.7 Å². The van der Waals surface area contributed by atoms with Crippen LogP contribution in [0.5, 0.6) is 5.75 Å². The quantitative estimate of drug-likeness (QED) is 0.524. The molecule has 1 atom stereocenters. The Morgan fingerprint density at radius 1 is 1.23 bits per heavy atom. The summed E-state index contributed by atoms with van der Waals surface area (Å²) in [7, 11) is 1.95. The monoisotopic (exact) mass is 448 g/mol. The Balaban J connectivity index is 1.42. The van der Waals surface area contributed by atoms with Gasteiger partial charge in [-0.3, -0.25) is 9.36 Å². The Morgan fingerprint density at radius 3 is 2.67 bits per heavy atom. The molecule has 0 aliphatic heterocycles. The largest absolute Gasteiger partial charge is 0.484 e. The van der Waals surface area contributed by atoms with Gasteiger partial charge in [-0.05, 0) is 44.7 Å². The first-order valence-corrected chi connectivity index (χ1v) is 12.0. The summed E-state index contributed by atoms with van der Waals surface area (Å²) in [5.41, 5.74) is 0.